The van der Waals surface area contributed by atoms with E-state index in [4.69, 9.17) is 21.7 Å². The normalized spacial score (nSPS) is 19.0. The minimum absolute atomic E-state index is 0.732. The van der Waals surface area contributed by atoms with Crippen LogP contribution in [0, 0.1) is 0 Å². The summed E-state index contributed by atoms with van der Waals surface area (Å²) in [5.41, 5.74) is 10.9. The molecule has 0 aliphatic rings. The summed E-state index contributed by atoms with van der Waals surface area (Å²) in [5, 5.41) is 123. The van der Waals surface area contributed by atoms with Crippen LogP contribution in [0.2, 0.25) is 0 Å². The van der Waals surface area contributed by atoms with Crippen LogP contribution in [-0.2, 0) is 57.8 Å². The summed E-state index contributed by atoms with van der Waals surface area (Å²) in [4.78, 5) is 87.8. The van der Waals surface area contributed by atoms with E-state index in [1.54, 1.807) is 0 Å². The topological polar surface area (TPSA) is 473 Å². The number of ether oxygens (including phenoxy) is 2. The molecule has 52 heavy (non-hydrogen) atoms. The molecular formula is C25H42N2O25. The van der Waals surface area contributed by atoms with Crippen molar-refractivity contribution in [1.29, 1.82) is 0 Å². The number of aliphatic hydroxyl groups is 13. The van der Waals surface area contributed by atoms with Crippen molar-refractivity contribution in [2.24, 2.45) is 11.5 Å². The molecule has 0 rings (SSSR count). The lowest BCUT2D eigenvalue weighted by Crippen LogP contribution is -2.52. The second kappa shape index (κ2) is 23.0. The molecular weight excluding hydrogens is 728 g/mol. The highest BCUT2D eigenvalue weighted by Gasteiger charge is 2.45. The molecule has 0 saturated carbocycles. The van der Waals surface area contributed by atoms with Gasteiger partial charge >= 0.3 is 41.8 Å². The largest absolute Gasteiger partial charge is 0.403 e. The molecule has 0 amide bonds. The lowest BCUT2D eigenvalue weighted by molar-refractivity contribution is -0.364. The van der Waals surface area contributed by atoms with Gasteiger partial charge < -0.3 is 87.3 Å². The minimum atomic E-state index is -3.60. The number of carbonyl (C=O) groups excluding carboxylic acids is 6. The molecule has 9 unspecified atom stereocenters. The maximum absolute atomic E-state index is 12.2. The van der Waals surface area contributed by atoms with Gasteiger partial charge in [-0.1, -0.05) is 0 Å². The summed E-state index contributed by atoms with van der Waals surface area (Å²) in [6.07, 6.45) is -24.3. The van der Waals surface area contributed by atoms with Gasteiger partial charge in [-0.25, -0.2) is 38.7 Å². The Labute approximate surface area is 290 Å². The molecule has 0 saturated heterocycles. The van der Waals surface area contributed by atoms with Crippen LogP contribution in [0.25, 0.3) is 0 Å². The fraction of sp³-hybridized carbons (Fsp3) is 0.760. The van der Waals surface area contributed by atoms with E-state index in [9.17, 15) is 84.9 Å². The molecule has 0 aliphatic carbocycles. The van der Waals surface area contributed by atoms with Crippen LogP contribution >= 0.6 is 0 Å². The van der Waals surface area contributed by atoms with Crippen molar-refractivity contribution in [3.05, 3.63) is 0 Å². The Balaban J connectivity index is 4.98. The van der Waals surface area contributed by atoms with E-state index in [0.717, 1.165) is 0 Å². The Kier molecular flexibility index (Phi) is 21.3. The van der Waals surface area contributed by atoms with Gasteiger partial charge in [-0.15, -0.1) is 0 Å². The third-order valence-corrected chi connectivity index (χ3v) is 6.44. The first-order valence-electron chi connectivity index (χ1n) is 14.5. The molecule has 0 aromatic carbocycles. The smallest absolute Gasteiger partial charge is 0.396 e. The predicted octanol–water partition coefficient (Wildman–Crippen LogP) is -10.8. The van der Waals surface area contributed by atoms with Crippen molar-refractivity contribution >= 4 is 35.8 Å². The van der Waals surface area contributed by atoms with Crippen molar-refractivity contribution in [3.63, 3.8) is 0 Å². The number of aliphatic hydroxyl groups excluding tert-OH is 12. The second-order valence-electron chi connectivity index (χ2n) is 10.5. The van der Waals surface area contributed by atoms with E-state index in [-0.39, 0.29) is 0 Å². The summed E-state index contributed by atoms with van der Waals surface area (Å²) >= 11 is 0. The van der Waals surface area contributed by atoms with Crippen molar-refractivity contribution in [2.45, 2.75) is 98.7 Å². The van der Waals surface area contributed by atoms with E-state index in [2.05, 4.69) is 29.0 Å². The molecule has 0 aromatic heterocycles. The van der Waals surface area contributed by atoms with Crippen LogP contribution in [0.5, 0.6) is 0 Å². The molecule has 11 atom stereocenters. The Morgan fingerprint density at radius 2 is 0.808 bits per heavy atom. The van der Waals surface area contributed by atoms with Crippen LogP contribution in [0.4, 0.5) is 0 Å². The molecule has 0 spiro atoms. The zero-order valence-corrected chi connectivity index (χ0v) is 26.7. The van der Waals surface area contributed by atoms with E-state index in [1.807, 2.05) is 0 Å². The van der Waals surface area contributed by atoms with Gasteiger partial charge in [-0.2, -0.15) is 0 Å². The van der Waals surface area contributed by atoms with Gasteiger partial charge in [0.25, 0.3) is 0 Å². The zero-order chi connectivity index (χ0) is 40.5. The summed E-state index contributed by atoms with van der Waals surface area (Å²) in [7, 11) is 0. The minimum Gasteiger partial charge on any atom is -0.396 e. The number of carbonyl (C=O) groups is 6. The summed E-state index contributed by atoms with van der Waals surface area (Å²) < 4.78 is 8.95. The maximum Gasteiger partial charge on any atom is 0.403 e. The number of hydrogen-bond donors (Lipinski definition) is 15. The second-order valence-corrected chi connectivity index (χ2v) is 10.5. The van der Waals surface area contributed by atoms with Gasteiger partial charge in [0.15, 0.2) is 18.3 Å². The van der Waals surface area contributed by atoms with E-state index in [1.165, 1.54) is 0 Å². The van der Waals surface area contributed by atoms with Crippen molar-refractivity contribution in [3.8, 4) is 0 Å². The molecule has 0 radical (unpaired) electrons. The molecule has 27 heteroatoms. The lowest BCUT2D eigenvalue weighted by atomic mass is 10.0. The Morgan fingerprint density at radius 3 is 1.10 bits per heavy atom. The molecule has 0 heterocycles. The van der Waals surface area contributed by atoms with Crippen LogP contribution in [0.15, 0.2) is 0 Å². The first-order valence-corrected chi connectivity index (χ1v) is 14.5. The van der Waals surface area contributed by atoms with E-state index in [0.29, 0.717) is 0 Å². The summed E-state index contributed by atoms with van der Waals surface area (Å²) in [6.45, 7) is -3.53. The fourth-order valence-corrected chi connectivity index (χ4v) is 3.19. The summed E-state index contributed by atoms with van der Waals surface area (Å²) in [5.74, 6) is -13.6. The first kappa shape index (κ1) is 48.2. The Hall–Kier alpha value is -3.78. The number of esters is 2. The monoisotopic (exact) mass is 770 g/mol. The van der Waals surface area contributed by atoms with Crippen LogP contribution in [0.3, 0.4) is 0 Å². The van der Waals surface area contributed by atoms with Gasteiger partial charge in [0.2, 0.25) is 0 Å². The Morgan fingerprint density at radius 1 is 0.500 bits per heavy atom. The third kappa shape index (κ3) is 15.4. The highest BCUT2D eigenvalue weighted by molar-refractivity contribution is 5.80. The molecule has 0 aliphatic heterocycles. The van der Waals surface area contributed by atoms with Gasteiger partial charge in [0.1, 0.15) is 48.7 Å². The molecule has 17 N–H and O–H groups in total. The highest BCUT2D eigenvalue weighted by atomic mass is 17.2. The van der Waals surface area contributed by atoms with Crippen LogP contribution in [0.1, 0.15) is 25.7 Å². The van der Waals surface area contributed by atoms with Gasteiger partial charge in [0.05, 0.1) is 19.8 Å². The van der Waals surface area contributed by atoms with Gasteiger partial charge in [0, 0.05) is 12.8 Å². The van der Waals surface area contributed by atoms with E-state index < -0.39 is 154 Å². The van der Waals surface area contributed by atoms with Gasteiger partial charge in [-0.3, -0.25) is 9.59 Å². The van der Waals surface area contributed by atoms with E-state index >= 15 is 0 Å². The maximum atomic E-state index is 12.2. The predicted molar refractivity (Wildman–Crippen MR) is 151 cm³/mol. The molecule has 0 fully saturated rings. The SMILES string of the molecule is N[C@H](CCC(=O)OC(O)(OC(=O)CC[C@@H](N)C(=O)OOC(=O)C(O)C(O)C(O)C(O)CO)C(O)CO)C(=O)OOC(=O)C(O)C(O)C(O)C(O)CO. The van der Waals surface area contributed by atoms with Crippen molar-refractivity contribution in [2.75, 3.05) is 19.8 Å². The average molecular weight is 771 g/mol. The molecule has 27 nitrogen and oxygen atoms in total. The number of nitrogens with two attached hydrogens (primary N) is 2. The van der Waals surface area contributed by atoms with Crippen LogP contribution in [-0.4, -0.2) is 195 Å². The fourth-order valence-electron chi connectivity index (χ4n) is 3.19. The summed E-state index contributed by atoms with van der Waals surface area (Å²) in [6, 6.07) is -3.63. The number of rotatable bonds is 22. The highest BCUT2D eigenvalue weighted by Crippen LogP contribution is 2.19. The molecule has 302 valence electrons. The molecule has 0 bridgehead atoms. The quantitative estimate of drug-likeness (QED) is 0.0210. The lowest BCUT2D eigenvalue weighted by Gasteiger charge is -2.30. The average Bonchev–Trinajstić information content (AvgIpc) is 3.13. The van der Waals surface area contributed by atoms with Crippen molar-refractivity contribution in [1.82, 2.24) is 0 Å². The third-order valence-electron chi connectivity index (χ3n) is 6.44. The number of hydrogen-bond acceptors (Lipinski definition) is 27. The van der Waals surface area contributed by atoms with Crippen LogP contribution < -0.4 is 11.5 Å². The van der Waals surface area contributed by atoms with Crippen molar-refractivity contribution < 1.29 is 124 Å². The first-order chi connectivity index (χ1) is 24.1. The Bertz CT molecular complexity index is 1090. The zero-order valence-electron chi connectivity index (χ0n) is 26.7. The van der Waals surface area contributed by atoms with Gasteiger partial charge in [-0.05, 0) is 12.8 Å². The standard InChI is InChI=1S/C25H42N2O25/c26-8(21(42)49-51-23(44)19(40)17(38)15(36)10(31)5-28)1-3-13(34)47-25(46,12(33)7-30)48-14(35)4-2-9(27)22(43)50-52-24(45)20(41)18(39)16(37)11(32)6-29/h8-12,15-20,28-33,36-41,46H,1-7,26-27H2/t8-,9-,10?,11?,12?,15?,16?,17?,18?,19?,20?,25?/m1/s1. The molecule has 0 aromatic rings.